The Hall–Kier alpha value is -2.28. The summed E-state index contributed by atoms with van der Waals surface area (Å²) in [4.78, 5) is 11.8. The number of carbonyl (C=O) groups excluding carboxylic acids is 1. The van der Waals surface area contributed by atoms with Gasteiger partial charge in [-0.2, -0.15) is 0 Å². The van der Waals surface area contributed by atoms with Crippen LogP contribution in [0.2, 0.25) is 0 Å². The molecule has 0 aliphatic heterocycles. The topological polar surface area (TPSA) is 84.7 Å². The van der Waals surface area contributed by atoms with Crippen molar-refractivity contribution in [2.45, 2.75) is 12.8 Å². The maximum atomic E-state index is 11.8. The third-order valence-corrected chi connectivity index (χ3v) is 2.86. The van der Waals surface area contributed by atoms with Crippen LogP contribution >= 0.6 is 0 Å². The molecule has 7 heteroatoms. The minimum Gasteiger partial charge on any atom is -0.326 e. The largest absolute Gasteiger partial charge is 0.326 e. The number of nitrogens with zero attached hydrogens (tertiary/aromatic N) is 4. The van der Waals surface area contributed by atoms with E-state index in [1.165, 1.54) is 0 Å². The summed E-state index contributed by atoms with van der Waals surface area (Å²) < 4.78 is 1.59. The number of anilines is 1. The van der Waals surface area contributed by atoms with Crippen LogP contribution in [0, 0.1) is 0 Å². The first-order valence-electron chi connectivity index (χ1n) is 6.48. The van der Waals surface area contributed by atoms with Crippen LogP contribution in [0.25, 0.3) is 11.4 Å². The Labute approximate surface area is 117 Å². The molecule has 0 spiro atoms. The second-order valence-electron chi connectivity index (χ2n) is 4.46. The van der Waals surface area contributed by atoms with Crippen molar-refractivity contribution in [3.63, 3.8) is 0 Å². The molecule has 106 valence electrons. The van der Waals surface area contributed by atoms with Gasteiger partial charge >= 0.3 is 0 Å². The van der Waals surface area contributed by atoms with E-state index in [-0.39, 0.29) is 5.91 Å². The van der Waals surface area contributed by atoms with Crippen molar-refractivity contribution < 1.29 is 4.79 Å². The van der Waals surface area contributed by atoms with Crippen molar-refractivity contribution in [1.29, 1.82) is 0 Å². The molecule has 1 aromatic heterocycles. The summed E-state index contributed by atoms with van der Waals surface area (Å²) in [6.07, 6.45) is 1.31. The van der Waals surface area contributed by atoms with Crippen molar-refractivity contribution in [3.8, 4) is 11.4 Å². The van der Waals surface area contributed by atoms with E-state index < -0.39 is 0 Å². The maximum absolute atomic E-state index is 11.8. The molecular weight excluding hydrogens is 256 g/mol. The van der Waals surface area contributed by atoms with Crippen molar-refractivity contribution >= 4 is 11.6 Å². The van der Waals surface area contributed by atoms with Crippen LogP contribution in [0.4, 0.5) is 5.69 Å². The molecule has 0 unspecified atom stereocenters. The van der Waals surface area contributed by atoms with Gasteiger partial charge in [0.25, 0.3) is 0 Å². The molecular formula is C13H18N6O. The standard InChI is InChI=1S/C13H18N6O/c1-14-8-4-7-12(20)15-11-6-3-5-10(9-11)13-16-17-18-19(13)2/h3,5-6,9,14H,4,7-8H2,1-2H3,(H,15,20). The molecule has 2 N–H and O–H groups in total. The molecule has 0 saturated heterocycles. The molecule has 2 aromatic rings. The Morgan fingerprint density at radius 3 is 2.95 bits per heavy atom. The van der Waals surface area contributed by atoms with Gasteiger partial charge in [0.15, 0.2) is 5.82 Å². The van der Waals surface area contributed by atoms with Crippen LogP contribution in [0.5, 0.6) is 0 Å². The van der Waals surface area contributed by atoms with Gasteiger partial charge in [0.1, 0.15) is 0 Å². The molecule has 0 radical (unpaired) electrons. The molecule has 0 saturated carbocycles. The Morgan fingerprint density at radius 2 is 2.25 bits per heavy atom. The van der Waals surface area contributed by atoms with Crippen LogP contribution in [-0.4, -0.2) is 39.7 Å². The molecule has 7 nitrogen and oxygen atoms in total. The van der Waals surface area contributed by atoms with Gasteiger partial charge in [-0.1, -0.05) is 12.1 Å². The SMILES string of the molecule is CNCCCC(=O)Nc1cccc(-c2nnnn2C)c1. The first-order valence-corrected chi connectivity index (χ1v) is 6.48. The fraction of sp³-hybridized carbons (Fsp3) is 0.385. The Bertz CT molecular complexity index is 580. The maximum Gasteiger partial charge on any atom is 0.224 e. The third kappa shape index (κ3) is 3.61. The average molecular weight is 274 g/mol. The van der Waals surface area contributed by atoms with Gasteiger partial charge in [0.2, 0.25) is 5.91 Å². The zero-order valence-corrected chi connectivity index (χ0v) is 11.6. The smallest absolute Gasteiger partial charge is 0.224 e. The molecule has 1 aromatic carbocycles. The van der Waals surface area contributed by atoms with Gasteiger partial charge in [-0.3, -0.25) is 4.79 Å². The molecule has 0 bridgehead atoms. The lowest BCUT2D eigenvalue weighted by Crippen LogP contribution is -2.15. The van der Waals surface area contributed by atoms with E-state index in [1.807, 2.05) is 31.3 Å². The zero-order chi connectivity index (χ0) is 14.4. The van der Waals surface area contributed by atoms with Crippen LogP contribution in [-0.2, 0) is 11.8 Å². The van der Waals surface area contributed by atoms with Gasteiger partial charge in [-0.25, -0.2) is 4.68 Å². The highest BCUT2D eigenvalue weighted by Gasteiger charge is 2.07. The summed E-state index contributed by atoms with van der Waals surface area (Å²) in [5, 5.41) is 17.2. The Kier molecular flexibility index (Phi) is 4.78. The molecule has 0 fully saturated rings. The quantitative estimate of drug-likeness (QED) is 0.762. The van der Waals surface area contributed by atoms with Crippen LogP contribution < -0.4 is 10.6 Å². The lowest BCUT2D eigenvalue weighted by molar-refractivity contribution is -0.116. The summed E-state index contributed by atoms with van der Waals surface area (Å²) in [5.41, 5.74) is 1.62. The summed E-state index contributed by atoms with van der Waals surface area (Å²) in [6.45, 7) is 0.831. The summed E-state index contributed by atoms with van der Waals surface area (Å²) in [5.74, 6) is 0.671. The minimum absolute atomic E-state index is 0.00786. The Balaban J connectivity index is 2.03. The molecule has 0 aliphatic rings. The number of aryl methyl sites for hydroxylation is 1. The van der Waals surface area contributed by atoms with E-state index in [0.717, 1.165) is 24.2 Å². The number of amides is 1. The van der Waals surface area contributed by atoms with Crippen molar-refractivity contribution in [1.82, 2.24) is 25.5 Å². The predicted molar refractivity (Wildman–Crippen MR) is 76.0 cm³/mol. The number of carbonyl (C=O) groups is 1. The van der Waals surface area contributed by atoms with Gasteiger partial charge in [0.05, 0.1) is 0 Å². The van der Waals surface area contributed by atoms with E-state index in [9.17, 15) is 4.79 Å². The summed E-state index contributed by atoms with van der Waals surface area (Å²) >= 11 is 0. The molecule has 20 heavy (non-hydrogen) atoms. The number of tetrazole rings is 1. The first kappa shape index (κ1) is 14.1. The monoisotopic (exact) mass is 274 g/mol. The van der Waals surface area contributed by atoms with Gasteiger partial charge in [-0.05, 0) is 42.6 Å². The second kappa shape index (κ2) is 6.76. The summed E-state index contributed by atoms with van der Waals surface area (Å²) in [6, 6.07) is 7.49. The van der Waals surface area contributed by atoms with E-state index in [1.54, 1.807) is 11.7 Å². The van der Waals surface area contributed by atoms with Crippen LogP contribution in [0.3, 0.4) is 0 Å². The van der Waals surface area contributed by atoms with E-state index in [2.05, 4.69) is 26.2 Å². The predicted octanol–water partition coefficient (Wildman–Crippen LogP) is 0.815. The number of benzene rings is 1. The highest BCUT2D eigenvalue weighted by molar-refractivity contribution is 5.91. The van der Waals surface area contributed by atoms with Crippen molar-refractivity contribution in [2.75, 3.05) is 18.9 Å². The van der Waals surface area contributed by atoms with Crippen LogP contribution in [0.15, 0.2) is 24.3 Å². The van der Waals surface area contributed by atoms with E-state index in [4.69, 9.17) is 0 Å². The third-order valence-electron chi connectivity index (χ3n) is 2.86. The van der Waals surface area contributed by atoms with Crippen molar-refractivity contribution in [3.05, 3.63) is 24.3 Å². The lowest BCUT2D eigenvalue weighted by Gasteiger charge is -2.07. The Morgan fingerprint density at radius 1 is 1.40 bits per heavy atom. The molecule has 1 amide bonds. The van der Waals surface area contributed by atoms with Crippen LogP contribution in [0.1, 0.15) is 12.8 Å². The number of nitrogens with one attached hydrogen (secondary N) is 2. The fourth-order valence-electron chi connectivity index (χ4n) is 1.86. The van der Waals surface area contributed by atoms with Crippen molar-refractivity contribution in [2.24, 2.45) is 7.05 Å². The summed E-state index contributed by atoms with van der Waals surface area (Å²) in [7, 11) is 3.65. The molecule has 2 rings (SSSR count). The van der Waals surface area contributed by atoms with E-state index in [0.29, 0.717) is 12.2 Å². The number of hydrogen-bond donors (Lipinski definition) is 2. The molecule has 0 aliphatic carbocycles. The minimum atomic E-state index is 0.00786. The van der Waals surface area contributed by atoms with Gasteiger partial charge in [0, 0.05) is 24.7 Å². The lowest BCUT2D eigenvalue weighted by atomic mass is 10.2. The molecule has 0 atom stereocenters. The highest BCUT2D eigenvalue weighted by atomic mass is 16.1. The fourth-order valence-corrected chi connectivity index (χ4v) is 1.86. The van der Waals surface area contributed by atoms with E-state index >= 15 is 0 Å². The highest BCUT2D eigenvalue weighted by Crippen LogP contribution is 2.19. The zero-order valence-electron chi connectivity index (χ0n) is 11.6. The molecule has 1 heterocycles. The number of hydrogen-bond acceptors (Lipinski definition) is 5. The number of rotatable bonds is 6. The van der Waals surface area contributed by atoms with Gasteiger partial charge < -0.3 is 10.6 Å². The average Bonchev–Trinajstić information content (AvgIpc) is 2.85. The first-order chi connectivity index (χ1) is 9.70. The number of aromatic nitrogens is 4. The normalized spacial score (nSPS) is 10.5. The second-order valence-corrected chi connectivity index (χ2v) is 4.46. The van der Waals surface area contributed by atoms with Gasteiger partial charge in [-0.15, -0.1) is 5.10 Å².